The molecule has 0 aliphatic heterocycles. The SMILES string of the molecule is NCc1ccccc1Sc1cnccn1. The van der Waals surface area contributed by atoms with Gasteiger partial charge in [0.1, 0.15) is 5.03 Å². The van der Waals surface area contributed by atoms with Crippen LogP contribution in [0.4, 0.5) is 0 Å². The van der Waals surface area contributed by atoms with Crippen molar-refractivity contribution in [2.75, 3.05) is 0 Å². The molecule has 2 N–H and O–H groups in total. The van der Waals surface area contributed by atoms with E-state index in [2.05, 4.69) is 9.97 Å². The lowest BCUT2D eigenvalue weighted by Crippen LogP contribution is -1.97. The summed E-state index contributed by atoms with van der Waals surface area (Å²) >= 11 is 1.59. The predicted molar refractivity (Wildman–Crippen MR) is 60.5 cm³/mol. The topological polar surface area (TPSA) is 51.8 Å². The summed E-state index contributed by atoms with van der Waals surface area (Å²) in [4.78, 5) is 9.37. The van der Waals surface area contributed by atoms with Crippen LogP contribution in [0.3, 0.4) is 0 Å². The van der Waals surface area contributed by atoms with Crippen molar-refractivity contribution in [2.45, 2.75) is 16.5 Å². The van der Waals surface area contributed by atoms with E-state index in [0.29, 0.717) is 6.54 Å². The molecule has 2 aromatic rings. The van der Waals surface area contributed by atoms with Crippen LogP contribution in [0.2, 0.25) is 0 Å². The van der Waals surface area contributed by atoms with Gasteiger partial charge in [-0.05, 0) is 11.6 Å². The first-order valence-electron chi connectivity index (χ1n) is 4.62. The fraction of sp³-hybridized carbons (Fsp3) is 0.0909. The number of benzene rings is 1. The third-order valence-electron chi connectivity index (χ3n) is 1.95. The third kappa shape index (κ3) is 2.55. The molecule has 0 saturated heterocycles. The van der Waals surface area contributed by atoms with Gasteiger partial charge in [-0.2, -0.15) is 0 Å². The summed E-state index contributed by atoms with van der Waals surface area (Å²) < 4.78 is 0. The largest absolute Gasteiger partial charge is 0.326 e. The normalized spacial score (nSPS) is 10.2. The minimum atomic E-state index is 0.545. The first-order chi connectivity index (χ1) is 7.40. The Hall–Kier alpha value is -1.39. The van der Waals surface area contributed by atoms with Crippen LogP contribution >= 0.6 is 11.8 Å². The van der Waals surface area contributed by atoms with Crippen LogP contribution in [0.15, 0.2) is 52.8 Å². The van der Waals surface area contributed by atoms with E-state index in [9.17, 15) is 0 Å². The van der Waals surface area contributed by atoms with E-state index < -0.39 is 0 Å². The smallest absolute Gasteiger partial charge is 0.119 e. The minimum Gasteiger partial charge on any atom is -0.326 e. The second-order valence-electron chi connectivity index (χ2n) is 2.96. The fourth-order valence-electron chi connectivity index (χ4n) is 1.22. The first-order valence-corrected chi connectivity index (χ1v) is 5.43. The number of nitrogens with zero attached hydrogens (tertiary/aromatic N) is 2. The Bertz CT molecular complexity index is 431. The molecule has 0 radical (unpaired) electrons. The maximum Gasteiger partial charge on any atom is 0.119 e. The molecule has 0 saturated carbocycles. The maximum absolute atomic E-state index is 5.65. The monoisotopic (exact) mass is 217 g/mol. The van der Waals surface area contributed by atoms with E-state index >= 15 is 0 Å². The molecule has 0 bridgehead atoms. The maximum atomic E-state index is 5.65. The Morgan fingerprint density at radius 2 is 2.07 bits per heavy atom. The van der Waals surface area contributed by atoms with Crippen LogP contribution in [-0.4, -0.2) is 9.97 Å². The van der Waals surface area contributed by atoms with Crippen molar-refractivity contribution >= 4 is 11.8 Å². The Labute approximate surface area is 92.8 Å². The quantitative estimate of drug-likeness (QED) is 0.855. The molecule has 3 nitrogen and oxygen atoms in total. The molecule has 1 aromatic heterocycles. The predicted octanol–water partition coefficient (Wildman–Crippen LogP) is 2.09. The van der Waals surface area contributed by atoms with Gasteiger partial charge >= 0.3 is 0 Å². The molecule has 0 amide bonds. The van der Waals surface area contributed by atoms with E-state index in [1.807, 2.05) is 24.3 Å². The van der Waals surface area contributed by atoms with Gasteiger partial charge < -0.3 is 5.73 Å². The standard InChI is InChI=1S/C11H11N3S/c12-7-9-3-1-2-4-10(9)15-11-8-13-5-6-14-11/h1-6,8H,7,12H2. The van der Waals surface area contributed by atoms with Gasteiger partial charge in [0.25, 0.3) is 0 Å². The highest BCUT2D eigenvalue weighted by atomic mass is 32.2. The Balaban J connectivity index is 2.24. The van der Waals surface area contributed by atoms with E-state index in [1.54, 1.807) is 30.4 Å². The highest BCUT2D eigenvalue weighted by molar-refractivity contribution is 7.99. The van der Waals surface area contributed by atoms with Crippen molar-refractivity contribution in [1.82, 2.24) is 9.97 Å². The Kier molecular flexibility index (Phi) is 3.32. The van der Waals surface area contributed by atoms with Crippen LogP contribution in [0, 0.1) is 0 Å². The summed E-state index contributed by atoms with van der Waals surface area (Å²) in [5, 5.41) is 0.887. The zero-order valence-electron chi connectivity index (χ0n) is 8.13. The average molecular weight is 217 g/mol. The zero-order chi connectivity index (χ0) is 10.5. The summed E-state index contributed by atoms with van der Waals surface area (Å²) in [6.07, 6.45) is 5.10. The van der Waals surface area contributed by atoms with Gasteiger partial charge in [0.2, 0.25) is 0 Å². The van der Waals surface area contributed by atoms with E-state index in [1.165, 1.54) is 0 Å². The van der Waals surface area contributed by atoms with Crippen molar-refractivity contribution in [2.24, 2.45) is 5.73 Å². The van der Waals surface area contributed by atoms with Crippen LogP contribution < -0.4 is 5.73 Å². The molecule has 0 atom stereocenters. The summed E-state index contributed by atoms with van der Waals surface area (Å²) in [5.41, 5.74) is 6.79. The third-order valence-corrected chi connectivity index (χ3v) is 2.98. The number of aromatic nitrogens is 2. The van der Waals surface area contributed by atoms with Gasteiger partial charge in [0.15, 0.2) is 0 Å². The van der Waals surface area contributed by atoms with Crippen LogP contribution in [0.5, 0.6) is 0 Å². The molecule has 15 heavy (non-hydrogen) atoms. The number of rotatable bonds is 3. The Morgan fingerprint density at radius 1 is 1.20 bits per heavy atom. The lowest BCUT2D eigenvalue weighted by Gasteiger charge is -2.05. The van der Waals surface area contributed by atoms with E-state index in [4.69, 9.17) is 5.73 Å². The molecule has 0 aliphatic carbocycles. The second kappa shape index (κ2) is 4.91. The van der Waals surface area contributed by atoms with Crippen LogP contribution in [0.1, 0.15) is 5.56 Å². The molecule has 1 aromatic carbocycles. The lowest BCUT2D eigenvalue weighted by atomic mass is 10.2. The fourth-order valence-corrected chi connectivity index (χ4v) is 2.10. The van der Waals surface area contributed by atoms with Gasteiger partial charge in [0.05, 0.1) is 6.20 Å². The van der Waals surface area contributed by atoms with Gasteiger partial charge in [-0.1, -0.05) is 30.0 Å². The average Bonchev–Trinajstić information content (AvgIpc) is 2.31. The summed E-state index contributed by atoms with van der Waals surface area (Å²) in [6.45, 7) is 0.545. The van der Waals surface area contributed by atoms with Crippen LogP contribution in [-0.2, 0) is 6.54 Å². The highest BCUT2D eigenvalue weighted by Gasteiger charge is 2.02. The van der Waals surface area contributed by atoms with Crippen LogP contribution in [0.25, 0.3) is 0 Å². The molecule has 0 aliphatic rings. The molecule has 76 valence electrons. The van der Waals surface area contributed by atoms with Gasteiger partial charge in [-0.3, -0.25) is 4.98 Å². The number of hydrogen-bond donors (Lipinski definition) is 1. The Morgan fingerprint density at radius 3 is 2.80 bits per heavy atom. The molecule has 2 rings (SSSR count). The van der Waals surface area contributed by atoms with Gasteiger partial charge in [0, 0.05) is 23.8 Å². The van der Waals surface area contributed by atoms with E-state index in [0.717, 1.165) is 15.5 Å². The second-order valence-corrected chi connectivity index (χ2v) is 4.02. The molecule has 0 spiro atoms. The molecule has 0 fully saturated rings. The molecule has 4 heteroatoms. The van der Waals surface area contributed by atoms with Crippen molar-refractivity contribution in [3.63, 3.8) is 0 Å². The summed E-state index contributed by atoms with van der Waals surface area (Å²) in [6, 6.07) is 8.06. The van der Waals surface area contributed by atoms with Crippen molar-refractivity contribution in [3.8, 4) is 0 Å². The lowest BCUT2D eigenvalue weighted by molar-refractivity contribution is 1.02. The van der Waals surface area contributed by atoms with Crippen molar-refractivity contribution in [1.29, 1.82) is 0 Å². The summed E-state index contributed by atoms with van der Waals surface area (Å²) in [7, 11) is 0. The minimum absolute atomic E-state index is 0.545. The van der Waals surface area contributed by atoms with E-state index in [-0.39, 0.29) is 0 Å². The molecule has 1 heterocycles. The molecular formula is C11H11N3S. The first kappa shape index (κ1) is 10.1. The number of hydrogen-bond acceptors (Lipinski definition) is 4. The zero-order valence-corrected chi connectivity index (χ0v) is 8.95. The van der Waals surface area contributed by atoms with Crippen molar-refractivity contribution in [3.05, 3.63) is 48.4 Å². The highest BCUT2D eigenvalue weighted by Crippen LogP contribution is 2.27. The van der Waals surface area contributed by atoms with Gasteiger partial charge in [-0.15, -0.1) is 0 Å². The molecule has 0 unspecified atom stereocenters. The van der Waals surface area contributed by atoms with Gasteiger partial charge in [-0.25, -0.2) is 4.98 Å². The molecular weight excluding hydrogens is 206 g/mol. The summed E-state index contributed by atoms with van der Waals surface area (Å²) in [5.74, 6) is 0. The van der Waals surface area contributed by atoms with Crippen molar-refractivity contribution < 1.29 is 0 Å². The number of nitrogens with two attached hydrogens (primary N) is 1.